The number of anilines is 1. The van der Waals surface area contributed by atoms with E-state index >= 15 is 0 Å². The van der Waals surface area contributed by atoms with E-state index in [0.717, 1.165) is 12.1 Å². The van der Waals surface area contributed by atoms with Crippen molar-refractivity contribution >= 4 is 21.4 Å². The van der Waals surface area contributed by atoms with E-state index in [4.69, 9.17) is 0 Å². The topological polar surface area (TPSA) is 63.2 Å². The number of amides is 1. The standard InChI is InChI=1S/C12H10F3NO3S/c13-12(14,15)7-3-1-4-8-9(7)20(18,19)11(5-2-6-11)10(17)16-8/h1,3-4H,2,5-6H2,(H,16,17). The van der Waals surface area contributed by atoms with Crippen LogP contribution in [0.4, 0.5) is 18.9 Å². The molecule has 1 amide bonds. The minimum atomic E-state index is -4.79. The van der Waals surface area contributed by atoms with Crippen LogP contribution >= 0.6 is 0 Å². The fraction of sp³-hybridized carbons (Fsp3) is 0.417. The smallest absolute Gasteiger partial charge is 0.324 e. The molecule has 0 atom stereocenters. The van der Waals surface area contributed by atoms with Crippen LogP contribution < -0.4 is 5.32 Å². The van der Waals surface area contributed by atoms with Gasteiger partial charge in [0, 0.05) is 0 Å². The molecule has 108 valence electrons. The van der Waals surface area contributed by atoms with E-state index in [9.17, 15) is 26.4 Å². The monoisotopic (exact) mass is 305 g/mol. The number of benzene rings is 1. The second-order valence-electron chi connectivity index (χ2n) is 4.99. The van der Waals surface area contributed by atoms with Crippen LogP contribution in [-0.4, -0.2) is 19.1 Å². The fourth-order valence-corrected chi connectivity index (χ4v) is 5.09. The molecule has 0 bridgehead atoms. The highest BCUT2D eigenvalue weighted by Crippen LogP contribution is 2.51. The molecule has 4 nitrogen and oxygen atoms in total. The number of hydrogen-bond acceptors (Lipinski definition) is 3. The summed E-state index contributed by atoms with van der Waals surface area (Å²) >= 11 is 0. The van der Waals surface area contributed by atoms with E-state index in [-0.39, 0.29) is 18.5 Å². The van der Waals surface area contributed by atoms with Gasteiger partial charge in [-0.15, -0.1) is 0 Å². The predicted molar refractivity (Wildman–Crippen MR) is 63.8 cm³/mol. The number of halogens is 3. The predicted octanol–water partition coefficient (Wildman–Crippen LogP) is 2.35. The van der Waals surface area contributed by atoms with Gasteiger partial charge in [0.2, 0.25) is 5.91 Å². The van der Waals surface area contributed by atoms with Crippen molar-refractivity contribution in [3.63, 3.8) is 0 Å². The first-order valence-corrected chi connectivity index (χ1v) is 7.45. The van der Waals surface area contributed by atoms with Crippen LogP contribution in [0, 0.1) is 0 Å². The van der Waals surface area contributed by atoms with Crippen molar-refractivity contribution < 1.29 is 26.4 Å². The molecule has 1 aliphatic carbocycles. The summed E-state index contributed by atoms with van der Waals surface area (Å²) in [6.45, 7) is 0. The summed E-state index contributed by atoms with van der Waals surface area (Å²) in [5.41, 5.74) is -1.51. The van der Waals surface area contributed by atoms with Crippen molar-refractivity contribution in [1.29, 1.82) is 0 Å². The van der Waals surface area contributed by atoms with Crippen LogP contribution in [0.5, 0.6) is 0 Å². The van der Waals surface area contributed by atoms with Crippen LogP contribution in [-0.2, 0) is 20.8 Å². The summed E-state index contributed by atoms with van der Waals surface area (Å²) in [4.78, 5) is 11.2. The molecule has 1 heterocycles. The highest BCUT2D eigenvalue weighted by molar-refractivity contribution is 7.94. The van der Waals surface area contributed by atoms with Gasteiger partial charge in [-0.2, -0.15) is 13.2 Å². The summed E-state index contributed by atoms with van der Waals surface area (Å²) in [7, 11) is -4.34. The van der Waals surface area contributed by atoms with Gasteiger partial charge in [0.1, 0.15) is 4.90 Å². The van der Waals surface area contributed by atoms with Crippen molar-refractivity contribution in [2.75, 3.05) is 5.32 Å². The van der Waals surface area contributed by atoms with Crippen LogP contribution in [0.1, 0.15) is 24.8 Å². The number of carbonyl (C=O) groups excluding carboxylic acids is 1. The Labute approximate surface area is 112 Å². The normalized spacial score (nSPS) is 22.9. The molecule has 1 fully saturated rings. The molecule has 0 saturated heterocycles. The van der Waals surface area contributed by atoms with E-state index in [1.807, 2.05) is 0 Å². The molecule has 1 aromatic carbocycles. The van der Waals surface area contributed by atoms with Crippen molar-refractivity contribution in [3.05, 3.63) is 23.8 Å². The summed E-state index contributed by atoms with van der Waals surface area (Å²) in [5.74, 6) is -0.726. The molecule has 0 radical (unpaired) electrons. The van der Waals surface area contributed by atoms with E-state index in [2.05, 4.69) is 5.32 Å². The maximum absolute atomic E-state index is 13.0. The summed E-state index contributed by atoms with van der Waals surface area (Å²) in [6, 6.07) is 2.97. The molecule has 0 unspecified atom stereocenters. The Bertz CT molecular complexity index is 705. The van der Waals surface area contributed by atoms with E-state index in [1.165, 1.54) is 6.07 Å². The first-order chi connectivity index (χ1) is 9.20. The Hall–Kier alpha value is -1.57. The second kappa shape index (κ2) is 3.75. The molecule has 8 heteroatoms. The number of hydrogen-bond donors (Lipinski definition) is 1. The van der Waals surface area contributed by atoms with Gasteiger partial charge >= 0.3 is 6.18 Å². The SMILES string of the molecule is O=C1Nc2cccc(C(F)(F)F)c2S(=O)(=O)C12CCC2. The van der Waals surface area contributed by atoms with E-state index < -0.39 is 37.1 Å². The average Bonchev–Trinajstić information content (AvgIpc) is 2.23. The molecule has 1 saturated carbocycles. The minimum Gasteiger partial charge on any atom is -0.324 e. The summed E-state index contributed by atoms with van der Waals surface area (Å²) < 4.78 is 62.4. The molecule has 1 aromatic rings. The Morgan fingerprint density at radius 2 is 1.85 bits per heavy atom. The lowest BCUT2D eigenvalue weighted by Crippen LogP contribution is -2.57. The Balaban J connectivity index is 2.33. The van der Waals surface area contributed by atoms with E-state index in [1.54, 1.807) is 0 Å². The number of carbonyl (C=O) groups is 1. The van der Waals surface area contributed by atoms with Crippen molar-refractivity contribution in [3.8, 4) is 0 Å². The van der Waals surface area contributed by atoms with Gasteiger partial charge in [-0.05, 0) is 31.4 Å². The number of fused-ring (bicyclic) bond motifs is 1. The highest BCUT2D eigenvalue weighted by atomic mass is 32.2. The van der Waals surface area contributed by atoms with Crippen molar-refractivity contribution in [2.45, 2.75) is 35.1 Å². The number of sulfone groups is 1. The third-order valence-corrected chi connectivity index (χ3v) is 6.53. The number of nitrogens with one attached hydrogen (secondary N) is 1. The van der Waals surface area contributed by atoms with Crippen LogP contribution in [0.15, 0.2) is 23.1 Å². The Morgan fingerprint density at radius 1 is 1.20 bits per heavy atom. The third-order valence-electron chi connectivity index (χ3n) is 3.93. The quantitative estimate of drug-likeness (QED) is 0.800. The number of rotatable bonds is 0. The maximum atomic E-state index is 13.0. The zero-order valence-corrected chi connectivity index (χ0v) is 10.9. The molecule has 0 aromatic heterocycles. The zero-order valence-electron chi connectivity index (χ0n) is 10.1. The highest BCUT2D eigenvalue weighted by Gasteiger charge is 2.60. The molecule has 20 heavy (non-hydrogen) atoms. The summed E-state index contributed by atoms with van der Waals surface area (Å²) in [5, 5.41) is 2.30. The van der Waals surface area contributed by atoms with Crippen molar-refractivity contribution in [1.82, 2.24) is 0 Å². The largest absolute Gasteiger partial charge is 0.417 e. The van der Waals surface area contributed by atoms with Crippen LogP contribution in [0.3, 0.4) is 0 Å². The number of alkyl halides is 3. The molecule has 3 rings (SSSR count). The molecule has 1 aliphatic heterocycles. The lowest BCUT2D eigenvalue weighted by molar-refractivity contribution is -0.140. The van der Waals surface area contributed by atoms with Gasteiger partial charge in [0.05, 0.1) is 11.3 Å². The lowest BCUT2D eigenvalue weighted by Gasteiger charge is -2.43. The maximum Gasteiger partial charge on any atom is 0.417 e. The average molecular weight is 305 g/mol. The van der Waals surface area contributed by atoms with Gasteiger partial charge in [-0.25, -0.2) is 8.42 Å². The zero-order chi connectivity index (χ0) is 14.8. The van der Waals surface area contributed by atoms with Crippen molar-refractivity contribution in [2.24, 2.45) is 0 Å². The Morgan fingerprint density at radius 3 is 2.35 bits per heavy atom. The molecular formula is C12H10F3NO3S. The van der Waals surface area contributed by atoms with Gasteiger partial charge in [-0.3, -0.25) is 4.79 Å². The van der Waals surface area contributed by atoms with Crippen LogP contribution in [0.2, 0.25) is 0 Å². The Kier molecular flexibility index (Phi) is 2.51. The first-order valence-electron chi connectivity index (χ1n) is 5.96. The molecule has 1 N–H and O–H groups in total. The van der Waals surface area contributed by atoms with Gasteiger partial charge in [-0.1, -0.05) is 6.07 Å². The fourth-order valence-electron chi connectivity index (χ4n) is 2.70. The minimum absolute atomic E-state index is 0.0623. The van der Waals surface area contributed by atoms with Crippen LogP contribution in [0.25, 0.3) is 0 Å². The molecule has 2 aliphatic rings. The van der Waals surface area contributed by atoms with Gasteiger partial charge in [0.25, 0.3) is 0 Å². The first kappa shape index (κ1) is 13.4. The molecular weight excluding hydrogens is 295 g/mol. The summed E-state index contributed by atoms with van der Waals surface area (Å²) in [6.07, 6.45) is -4.15. The third kappa shape index (κ3) is 1.48. The van der Waals surface area contributed by atoms with Gasteiger partial charge in [0.15, 0.2) is 14.6 Å². The second-order valence-corrected chi connectivity index (χ2v) is 7.18. The van der Waals surface area contributed by atoms with E-state index in [0.29, 0.717) is 6.42 Å². The lowest BCUT2D eigenvalue weighted by atomic mass is 9.83. The van der Waals surface area contributed by atoms with Gasteiger partial charge < -0.3 is 5.32 Å². The molecule has 1 spiro atoms.